The van der Waals surface area contributed by atoms with Gasteiger partial charge in [0.1, 0.15) is 12.6 Å². The first-order valence-corrected chi connectivity index (χ1v) is 14.9. The smallest absolute Gasteiger partial charge is 0.354 e. The van der Waals surface area contributed by atoms with Gasteiger partial charge in [0.25, 0.3) is 0 Å². The molecule has 2 amide bonds. The second kappa shape index (κ2) is 13.9. The van der Waals surface area contributed by atoms with E-state index in [4.69, 9.17) is 34.8 Å². The van der Waals surface area contributed by atoms with Gasteiger partial charge in [0, 0.05) is 28.7 Å². The highest BCUT2D eigenvalue weighted by molar-refractivity contribution is 7.92. The molecule has 0 heterocycles. The Morgan fingerprint density at radius 1 is 1.03 bits per heavy atom. The van der Waals surface area contributed by atoms with Crippen LogP contribution < -0.4 is 9.62 Å². The van der Waals surface area contributed by atoms with E-state index in [1.165, 1.54) is 0 Å². The molecule has 1 atom stereocenters. The van der Waals surface area contributed by atoms with Crippen LogP contribution in [0.3, 0.4) is 0 Å². The van der Waals surface area contributed by atoms with Gasteiger partial charge >= 0.3 is 6.18 Å². The maximum absolute atomic E-state index is 13.7. The van der Waals surface area contributed by atoms with Crippen LogP contribution in [0.15, 0.2) is 36.4 Å². The van der Waals surface area contributed by atoms with Crippen molar-refractivity contribution >= 4 is 62.3 Å². The van der Waals surface area contributed by atoms with Crippen molar-refractivity contribution < 1.29 is 31.2 Å². The minimum Gasteiger partial charge on any atom is -0.354 e. The maximum Gasteiger partial charge on any atom is 0.416 e. The first-order chi connectivity index (χ1) is 18.1. The highest BCUT2D eigenvalue weighted by Gasteiger charge is 2.35. The number of unbranched alkanes of at least 4 members (excludes halogenated alkanes) is 1. The standard InChI is InChI=1S/C25H29Cl3F3N3O4S/c1-4-6-12-32-24(36)21(5-2)33(14-17-18(26)8-7-9-19(17)27)23(35)15-34(39(3,37)38)22-13-16(25(29,30)31)10-11-20(22)28/h7-11,13,21H,4-6,12,14-15H2,1-3H3,(H,32,36)/t21-/m0/s1. The van der Waals surface area contributed by atoms with Crippen molar-refractivity contribution in [2.24, 2.45) is 0 Å². The van der Waals surface area contributed by atoms with Gasteiger partial charge in [-0.3, -0.25) is 13.9 Å². The van der Waals surface area contributed by atoms with Crippen LogP contribution in [0.25, 0.3) is 0 Å². The summed E-state index contributed by atoms with van der Waals surface area (Å²) in [6.07, 6.45) is -2.39. The van der Waals surface area contributed by atoms with Gasteiger partial charge in [-0.2, -0.15) is 13.2 Å². The van der Waals surface area contributed by atoms with E-state index >= 15 is 0 Å². The van der Waals surface area contributed by atoms with E-state index in [0.29, 0.717) is 35.0 Å². The van der Waals surface area contributed by atoms with E-state index in [9.17, 15) is 31.2 Å². The van der Waals surface area contributed by atoms with Crippen molar-refractivity contribution in [3.05, 3.63) is 62.6 Å². The van der Waals surface area contributed by atoms with E-state index < -0.39 is 51.9 Å². The summed E-state index contributed by atoms with van der Waals surface area (Å²) in [6, 6.07) is 5.78. The summed E-state index contributed by atoms with van der Waals surface area (Å²) < 4.78 is 66.0. The van der Waals surface area contributed by atoms with E-state index in [-0.39, 0.29) is 28.0 Å². The predicted octanol–water partition coefficient (Wildman–Crippen LogP) is 6.16. The molecule has 1 N–H and O–H groups in total. The second-order valence-electron chi connectivity index (χ2n) is 8.72. The monoisotopic (exact) mass is 629 g/mol. The molecule has 2 rings (SSSR count). The molecule has 39 heavy (non-hydrogen) atoms. The minimum atomic E-state index is -4.79. The Morgan fingerprint density at radius 2 is 1.64 bits per heavy atom. The number of halogens is 6. The number of anilines is 1. The fourth-order valence-corrected chi connectivity index (χ4v) is 5.39. The third-order valence-corrected chi connectivity index (χ3v) is 7.98. The molecule has 0 aromatic heterocycles. The fourth-order valence-electron chi connectivity index (χ4n) is 3.75. The average molecular weight is 631 g/mol. The molecule has 0 aliphatic carbocycles. The Morgan fingerprint density at radius 3 is 2.15 bits per heavy atom. The topological polar surface area (TPSA) is 86.8 Å². The Balaban J connectivity index is 2.57. The van der Waals surface area contributed by atoms with Crippen molar-refractivity contribution in [2.75, 3.05) is 23.7 Å². The zero-order valence-electron chi connectivity index (χ0n) is 21.5. The number of hydrogen-bond acceptors (Lipinski definition) is 4. The van der Waals surface area contributed by atoms with Crippen LogP contribution in [0.5, 0.6) is 0 Å². The molecule has 0 radical (unpaired) electrons. The molecule has 0 unspecified atom stereocenters. The molecular weight excluding hydrogens is 602 g/mol. The van der Waals surface area contributed by atoms with Gasteiger partial charge in [-0.15, -0.1) is 0 Å². The summed E-state index contributed by atoms with van der Waals surface area (Å²) in [5, 5.41) is 2.86. The van der Waals surface area contributed by atoms with Crippen molar-refractivity contribution in [1.82, 2.24) is 10.2 Å². The quantitative estimate of drug-likeness (QED) is 0.285. The van der Waals surface area contributed by atoms with Gasteiger partial charge in [-0.25, -0.2) is 8.42 Å². The number of amides is 2. The summed E-state index contributed by atoms with van der Waals surface area (Å²) in [5.41, 5.74) is -1.36. The molecule has 0 bridgehead atoms. The third-order valence-electron chi connectivity index (χ3n) is 5.83. The number of alkyl halides is 3. The summed E-state index contributed by atoms with van der Waals surface area (Å²) in [5.74, 6) is -1.35. The largest absolute Gasteiger partial charge is 0.416 e. The minimum absolute atomic E-state index is 0.148. The highest BCUT2D eigenvalue weighted by atomic mass is 35.5. The molecule has 0 fully saturated rings. The number of carbonyl (C=O) groups is 2. The van der Waals surface area contributed by atoms with Crippen molar-refractivity contribution in [2.45, 2.75) is 51.9 Å². The number of hydrogen-bond donors (Lipinski definition) is 1. The van der Waals surface area contributed by atoms with Gasteiger partial charge in [0.15, 0.2) is 0 Å². The lowest BCUT2D eigenvalue weighted by atomic mass is 10.1. The van der Waals surface area contributed by atoms with Crippen LogP contribution in [0.4, 0.5) is 18.9 Å². The molecule has 14 heteroatoms. The molecule has 216 valence electrons. The van der Waals surface area contributed by atoms with Crippen molar-refractivity contribution in [3.8, 4) is 0 Å². The number of sulfonamides is 1. The molecular formula is C25H29Cl3F3N3O4S. The summed E-state index contributed by atoms with van der Waals surface area (Å²) in [7, 11) is -4.31. The predicted molar refractivity (Wildman–Crippen MR) is 148 cm³/mol. The van der Waals surface area contributed by atoms with Gasteiger partial charge < -0.3 is 10.2 Å². The van der Waals surface area contributed by atoms with Gasteiger partial charge in [0.05, 0.1) is 22.5 Å². The fraction of sp³-hybridized carbons (Fsp3) is 0.440. The third kappa shape index (κ3) is 8.89. The molecule has 0 aliphatic heterocycles. The van der Waals surface area contributed by atoms with Gasteiger partial charge in [-0.05, 0) is 43.2 Å². The average Bonchev–Trinajstić information content (AvgIpc) is 2.83. The summed E-state index contributed by atoms with van der Waals surface area (Å²) in [4.78, 5) is 27.9. The molecule has 7 nitrogen and oxygen atoms in total. The molecule has 0 aliphatic rings. The Bertz CT molecular complexity index is 1270. The molecule has 2 aromatic rings. The first kappa shape index (κ1) is 33.0. The van der Waals surface area contributed by atoms with Crippen LogP contribution in [0.1, 0.15) is 44.2 Å². The molecule has 0 spiro atoms. The van der Waals surface area contributed by atoms with Crippen molar-refractivity contribution in [1.29, 1.82) is 0 Å². The Hall–Kier alpha value is -2.21. The number of carbonyl (C=O) groups excluding carboxylic acids is 2. The maximum atomic E-state index is 13.7. The lowest BCUT2D eigenvalue weighted by Gasteiger charge is -2.33. The first-order valence-electron chi connectivity index (χ1n) is 12.0. The Labute approximate surface area is 241 Å². The van der Waals surface area contributed by atoms with E-state index in [1.807, 2.05) is 6.92 Å². The van der Waals surface area contributed by atoms with Crippen LogP contribution in [0.2, 0.25) is 15.1 Å². The van der Waals surface area contributed by atoms with Crippen molar-refractivity contribution in [3.63, 3.8) is 0 Å². The molecule has 2 aromatic carbocycles. The molecule has 0 saturated heterocycles. The van der Waals surface area contributed by atoms with Gasteiger partial charge in [-0.1, -0.05) is 61.1 Å². The van der Waals surface area contributed by atoms with Crippen LogP contribution >= 0.6 is 34.8 Å². The number of nitrogens with one attached hydrogen (secondary N) is 1. The normalized spacial score (nSPS) is 12.6. The SMILES string of the molecule is CCCCNC(=O)[C@H](CC)N(Cc1c(Cl)cccc1Cl)C(=O)CN(c1cc(C(F)(F)F)ccc1Cl)S(C)(=O)=O. The molecule has 0 saturated carbocycles. The zero-order valence-corrected chi connectivity index (χ0v) is 24.6. The lowest BCUT2D eigenvalue weighted by Crippen LogP contribution is -2.52. The summed E-state index contributed by atoms with van der Waals surface area (Å²) >= 11 is 18.7. The van der Waals surface area contributed by atoms with Crippen LogP contribution in [-0.4, -0.2) is 50.5 Å². The van der Waals surface area contributed by atoms with E-state index in [1.54, 1.807) is 25.1 Å². The number of rotatable bonds is 12. The number of nitrogens with zero attached hydrogens (tertiary/aromatic N) is 2. The van der Waals surface area contributed by atoms with E-state index in [2.05, 4.69) is 5.32 Å². The van der Waals surface area contributed by atoms with E-state index in [0.717, 1.165) is 23.6 Å². The van der Waals surface area contributed by atoms with Crippen LogP contribution in [0, 0.1) is 0 Å². The zero-order chi connectivity index (χ0) is 29.5. The Kier molecular flexibility index (Phi) is 11.8. The second-order valence-corrected chi connectivity index (χ2v) is 11.9. The van der Waals surface area contributed by atoms with Gasteiger partial charge in [0.2, 0.25) is 21.8 Å². The lowest BCUT2D eigenvalue weighted by molar-refractivity contribution is -0.140. The van der Waals surface area contributed by atoms with Crippen LogP contribution in [-0.2, 0) is 32.3 Å². The number of benzene rings is 2. The highest BCUT2D eigenvalue weighted by Crippen LogP contribution is 2.36. The summed E-state index contributed by atoms with van der Waals surface area (Å²) in [6.45, 7) is 2.77.